The van der Waals surface area contributed by atoms with Gasteiger partial charge in [0, 0.05) is 25.6 Å². The molecular formula is C28H39N3O4S. The van der Waals surface area contributed by atoms with E-state index in [9.17, 15) is 18.0 Å². The van der Waals surface area contributed by atoms with E-state index in [1.54, 1.807) is 24.0 Å². The molecular weight excluding hydrogens is 474 g/mol. The summed E-state index contributed by atoms with van der Waals surface area (Å²) in [6, 6.07) is 16.5. The molecule has 196 valence electrons. The van der Waals surface area contributed by atoms with Gasteiger partial charge in [-0.25, -0.2) is 8.42 Å². The summed E-state index contributed by atoms with van der Waals surface area (Å²) in [5.74, 6) is -0.300. The lowest BCUT2D eigenvalue weighted by atomic mass is 9.95. The van der Waals surface area contributed by atoms with Gasteiger partial charge < -0.3 is 10.2 Å². The molecule has 0 aromatic heterocycles. The monoisotopic (exact) mass is 513 g/mol. The number of benzene rings is 2. The van der Waals surface area contributed by atoms with Crippen molar-refractivity contribution in [2.75, 3.05) is 17.1 Å². The standard InChI is InChI=1S/C28H39N3O4S/c1-22-16-18-26(19-17-22)31(36(3,34)35)20-10-15-27(32)30(21-24-11-6-4-7-12-24)23(2)28(33)29-25-13-8-5-9-14-25/h4,6-7,11-12,16-19,23,25H,5,8-10,13-15,20-21H2,1-3H3,(H,29,33). The SMILES string of the molecule is Cc1ccc(N(CCCC(=O)N(Cc2ccccc2)C(C)C(=O)NC2CCCCC2)S(C)(=O)=O)cc1. The fourth-order valence-corrected chi connectivity index (χ4v) is 5.61. The summed E-state index contributed by atoms with van der Waals surface area (Å²) in [7, 11) is -3.50. The fourth-order valence-electron chi connectivity index (χ4n) is 4.65. The number of carbonyl (C=O) groups excluding carboxylic acids is 2. The van der Waals surface area contributed by atoms with E-state index in [4.69, 9.17) is 0 Å². The number of sulfonamides is 1. The zero-order valence-corrected chi connectivity index (χ0v) is 22.5. The van der Waals surface area contributed by atoms with Gasteiger partial charge >= 0.3 is 0 Å². The number of nitrogens with zero attached hydrogens (tertiary/aromatic N) is 2. The van der Waals surface area contributed by atoms with Crippen molar-refractivity contribution in [2.24, 2.45) is 0 Å². The molecule has 1 fully saturated rings. The van der Waals surface area contributed by atoms with Crippen LogP contribution in [0.1, 0.15) is 63.0 Å². The minimum Gasteiger partial charge on any atom is -0.352 e. The number of amides is 2. The minimum absolute atomic E-state index is 0.136. The summed E-state index contributed by atoms with van der Waals surface area (Å²) in [5, 5.41) is 3.14. The minimum atomic E-state index is -3.50. The first-order valence-electron chi connectivity index (χ1n) is 12.8. The molecule has 1 N–H and O–H groups in total. The van der Waals surface area contributed by atoms with Gasteiger partial charge in [-0.15, -0.1) is 0 Å². The Morgan fingerprint density at radius 3 is 2.25 bits per heavy atom. The number of hydrogen-bond acceptors (Lipinski definition) is 4. The molecule has 7 nitrogen and oxygen atoms in total. The molecule has 0 saturated heterocycles. The third kappa shape index (κ3) is 8.08. The predicted molar refractivity (Wildman–Crippen MR) is 144 cm³/mol. The van der Waals surface area contributed by atoms with Crippen LogP contribution in [0.5, 0.6) is 0 Å². The summed E-state index contributed by atoms with van der Waals surface area (Å²) in [6.07, 6.45) is 7.06. The topological polar surface area (TPSA) is 86.8 Å². The lowest BCUT2D eigenvalue weighted by molar-refractivity contribution is -0.141. The number of carbonyl (C=O) groups is 2. The highest BCUT2D eigenvalue weighted by Gasteiger charge is 2.28. The highest BCUT2D eigenvalue weighted by molar-refractivity contribution is 7.92. The van der Waals surface area contributed by atoms with Crippen molar-refractivity contribution in [3.05, 3.63) is 65.7 Å². The summed E-state index contributed by atoms with van der Waals surface area (Å²) < 4.78 is 26.2. The van der Waals surface area contributed by atoms with Crippen LogP contribution in [0.4, 0.5) is 5.69 Å². The van der Waals surface area contributed by atoms with Crippen LogP contribution in [-0.4, -0.2) is 50.0 Å². The van der Waals surface area contributed by atoms with Gasteiger partial charge in [0.15, 0.2) is 0 Å². The molecule has 8 heteroatoms. The van der Waals surface area contributed by atoms with Gasteiger partial charge in [0.1, 0.15) is 6.04 Å². The first-order valence-corrected chi connectivity index (χ1v) is 14.7. The molecule has 0 spiro atoms. The second-order valence-corrected chi connectivity index (χ2v) is 11.7. The molecule has 0 aliphatic heterocycles. The summed E-state index contributed by atoms with van der Waals surface area (Å²) in [6.45, 7) is 4.23. The molecule has 2 aromatic carbocycles. The Labute approximate surface area is 215 Å². The van der Waals surface area contributed by atoms with Gasteiger partial charge in [-0.2, -0.15) is 0 Å². The smallest absolute Gasteiger partial charge is 0.242 e. The van der Waals surface area contributed by atoms with Crippen LogP contribution in [0.3, 0.4) is 0 Å². The lowest BCUT2D eigenvalue weighted by Gasteiger charge is -2.31. The van der Waals surface area contributed by atoms with E-state index in [0.29, 0.717) is 18.7 Å². The van der Waals surface area contributed by atoms with Crippen molar-refractivity contribution in [1.82, 2.24) is 10.2 Å². The third-order valence-electron chi connectivity index (χ3n) is 6.79. The first-order chi connectivity index (χ1) is 17.1. The summed E-state index contributed by atoms with van der Waals surface area (Å²) in [5.41, 5.74) is 2.57. The van der Waals surface area contributed by atoms with Gasteiger partial charge in [0.25, 0.3) is 0 Å². The molecule has 2 aromatic rings. The molecule has 1 unspecified atom stereocenters. The largest absolute Gasteiger partial charge is 0.352 e. The molecule has 1 atom stereocenters. The normalized spacial score (nSPS) is 15.2. The Bertz CT molecular complexity index is 1100. The molecule has 1 aliphatic rings. The van der Waals surface area contributed by atoms with Gasteiger partial charge in [0.05, 0.1) is 11.9 Å². The second kappa shape index (κ2) is 12.9. The Hall–Kier alpha value is -2.87. The molecule has 3 rings (SSSR count). The highest BCUT2D eigenvalue weighted by atomic mass is 32.2. The Morgan fingerprint density at radius 2 is 1.64 bits per heavy atom. The van der Waals surface area contributed by atoms with E-state index in [1.807, 2.05) is 49.4 Å². The van der Waals surface area contributed by atoms with Crippen LogP contribution in [-0.2, 0) is 26.2 Å². The Morgan fingerprint density at radius 1 is 1.00 bits per heavy atom. The van der Waals surface area contributed by atoms with Crippen LogP contribution in [0.2, 0.25) is 0 Å². The van der Waals surface area contributed by atoms with E-state index in [1.165, 1.54) is 17.0 Å². The van der Waals surface area contributed by atoms with E-state index in [-0.39, 0.29) is 30.8 Å². The maximum Gasteiger partial charge on any atom is 0.242 e. The van der Waals surface area contributed by atoms with Crippen LogP contribution in [0.25, 0.3) is 0 Å². The van der Waals surface area contributed by atoms with Crippen molar-refractivity contribution in [1.29, 1.82) is 0 Å². The molecule has 0 heterocycles. The van der Waals surface area contributed by atoms with E-state index >= 15 is 0 Å². The van der Waals surface area contributed by atoms with E-state index in [0.717, 1.165) is 36.8 Å². The molecule has 0 bridgehead atoms. The Balaban J connectivity index is 1.68. The highest BCUT2D eigenvalue weighted by Crippen LogP contribution is 2.21. The van der Waals surface area contributed by atoms with E-state index < -0.39 is 16.1 Å². The van der Waals surface area contributed by atoms with Crippen LogP contribution in [0, 0.1) is 6.92 Å². The molecule has 2 amide bonds. The van der Waals surface area contributed by atoms with Crippen molar-refractivity contribution in [3.8, 4) is 0 Å². The maximum atomic E-state index is 13.4. The predicted octanol–water partition coefficient (Wildman–Crippen LogP) is 4.41. The number of rotatable bonds is 11. The summed E-state index contributed by atoms with van der Waals surface area (Å²) in [4.78, 5) is 28.1. The second-order valence-electron chi connectivity index (χ2n) is 9.80. The number of aryl methyl sites for hydroxylation is 1. The number of anilines is 1. The van der Waals surface area contributed by atoms with Crippen molar-refractivity contribution in [3.63, 3.8) is 0 Å². The van der Waals surface area contributed by atoms with Gasteiger partial charge in [-0.3, -0.25) is 13.9 Å². The zero-order chi connectivity index (χ0) is 26.1. The van der Waals surface area contributed by atoms with Crippen LogP contribution in [0.15, 0.2) is 54.6 Å². The fraction of sp³-hybridized carbons (Fsp3) is 0.500. The average Bonchev–Trinajstić information content (AvgIpc) is 2.86. The number of hydrogen-bond donors (Lipinski definition) is 1. The van der Waals surface area contributed by atoms with Crippen LogP contribution < -0.4 is 9.62 Å². The molecule has 36 heavy (non-hydrogen) atoms. The van der Waals surface area contributed by atoms with Gasteiger partial charge in [0.2, 0.25) is 21.8 Å². The van der Waals surface area contributed by atoms with Gasteiger partial charge in [-0.05, 0) is 50.8 Å². The Kier molecular flexibility index (Phi) is 9.93. The maximum absolute atomic E-state index is 13.4. The van der Waals surface area contributed by atoms with Crippen LogP contribution >= 0.6 is 0 Å². The third-order valence-corrected chi connectivity index (χ3v) is 7.98. The van der Waals surface area contributed by atoms with Gasteiger partial charge in [-0.1, -0.05) is 67.3 Å². The lowest BCUT2D eigenvalue weighted by Crippen LogP contribution is -2.50. The number of nitrogens with one attached hydrogen (secondary N) is 1. The average molecular weight is 514 g/mol. The summed E-state index contributed by atoms with van der Waals surface area (Å²) >= 11 is 0. The van der Waals surface area contributed by atoms with Crippen molar-refractivity contribution in [2.45, 2.75) is 77.4 Å². The molecule has 0 radical (unpaired) electrons. The van der Waals surface area contributed by atoms with Crippen molar-refractivity contribution >= 4 is 27.5 Å². The molecule has 1 saturated carbocycles. The zero-order valence-electron chi connectivity index (χ0n) is 21.7. The van der Waals surface area contributed by atoms with Crippen molar-refractivity contribution < 1.29 is 18.0 Å². The molecule has 1 aliphatic carbocycles. The quantitative estimate of drug-likeness (QED) is 0.482. The van der Waals surface area contributed by atoms with E-state index in [2.05, 4.69) is 5.32 Å². The first kappa shape index (κ1) is 27.7.